The highest BCUT2D eigenvalue weighted by molar-refractivity contribution is 8.24. The molecular weight excluding hydrogens is 418 g/mol. The Morgan fingerprint density at radius 2 is 1.90 bits per heavy atom. The van der Waals surface area contributed by atoms with E-state index in [9.17, 15) is 10.0 Å². The monoisotopic (exact) mass is 449 g/mol. The largest absolute Gasteiger partial charge is 0.378 e. The predicted molar refractivity (Wildman–Crippen MR) is 127 cm³/mol. The van der Waals surface area contributed by atoms with Crippen molar-refractivity contribution < 1.29 is 10.0 Å². The van der Waals surface area contributed by atoms with Crippen LogP contribution in [-0.4, -0.2) is 62.9 Å². The number of hydrazone groups is 1. The molecule has 3 rings (SSSR count). The van der Waals surface area contributed by atoms with E-state index in [4.69, 9.17) is 12.2 Å². The highest BCUT2D eigenvalue weighted by Crippen LogP contribution is 2.42. The first-order valence-corrected chi connectivity index (χ1v) is 11.5. The molecule has 1 aliphatic carbocycles. The first-order chi connectivity index (χ1) is 14.2. The standard InChI is InChI=1S/C21H31N5O2S2/c1-21(2)18(26(28)19(27)23-16-8-6-5-7-9-16)25(20(29)30-21)22-14-15-10-12-17(13-11-15)24(3)4/h10-14,16,18,28H,5-9H2,1-4H3,(H,23,27)/b22-14-/t18-/m1/s1. The molecule has 2 fully saturated rings. The van der Waals surface area contributed by atoms with E-state index >= 15 is 0 Å². The summed E-state index contributed by atoms with van der Waals surface area (Å²) in [6.07, 6.45) is 6.32. The van der Waals surface area contributed by atoms with Gasteiger partial charge in [0.05, 0.1) is 11.0 Å². The van der Waals surface area contributed by atoms with Crippen molar-refractivity contribution in [2.45, 2.75) is 62.9 Å². The highest BCUT2D eigenvalue weighted by Gasteiger charge is 2.50. The van der Waals surface area contributed by atoms with E-state index in [1.165, 1.54) is 18.2 Å². The number of benzene rings is 1. The SMILES string of the molecule is CN(C)c1ccc(/C=N\N2C(=S)SC(C)(C)[C@H]2N(O)C(=O)NC2CCCCC2)cc1. The summed E-state index contributed by atoms with van der Waals surface area (Å²) in [4.78, 5) is 14.8. The van der Waals surface area contributed by atoms with Crippen LogP contribution in [0.3, 0.4) is 0 Å². The van der Waals surface area contributed by atoms with E-state index < -0.39 is 16.9 Å². The number of urea groups is 1. The zero-order chi connectivity index (χ0) is 21.9. The number of hydrogen-bond acceptors (Lipinski definition) is 6. The highest BCUT2D eigenvalue weighted by atomic mass is 32.2. The number of rotatable bonds is 5. The van der Waals surface area contributed by atoms with Crippen LogP contribution in [-0.2, 0) is 0 Å². The Bertz CT molecular complexity index is 791. The molecule has 0 bridgehead atoms. The number of hydroxylamine groups is 2. The van der Waals surface area contributed by atoms with Crippen molar-refractivity contribution in [3.8, 4) is 0 Å². The van der Waals surface area contributed by atoms with Gasteiger partial charge in [-0.05, 0) is 44.4 Å². The van der Waals surface area contributed by atoms with Gasteiger partial charge in [-0.15, -0.1) is 0 Å². The second kappa shape index (κ2) is 9.53. The lowest BCUT2D eigenvalue weighted by molar-refractivity contribution is -0.119. The second-order valence-corrected chi connectivity index (χ2v) is 10.8. The summed E-state index contributed by atoms with van der Waals surface area (Å²) in [5.41, 5.74) is 2.01. The summed E-state index contributed by atoms with van der Waals surface area (Å²) in [6.45, 7) is 3.90. The van der Waals surface area contributed by atoms with Crippen LogP contribution in [0.2, 0.25) is 0 Å². The molecule has 1 aliphatic heterocycles. The Hall–Kier alpha value is -1.84. The molecule has 1 saturated heterocycles. The van der Waals surface area contributed by atoms with E-state index in [2.05, 4.69) is 10.4 Å². The number of carbonyl (C=O) groups excluding carboxylic acids is 1. The average molecular weight is 450 g/mol. The topological polar surface area (TPSA) is 71.4 Å². The maximum absolute atomic E-state index is 12.7. The lowest BCUT2D eigenvalue weighted by Crippen LogP contribution is -2.57. The number of hydrogen-bond donors (Lipinski definition) is 2. The van der Waals surface area contributed by atoms with Crippen LogP contribution < -0.4 is 10.2 Å². The van der Waals surface area contributed by atoms with Crippen LogP contribution in [0.4, 0.5) is 10.5 Å². The zero-order valence-electron chi connectivity index (χ0n) is 18.0. The Morgan fingerprint density at radius 3 is 2.50 bits per heavy atom. The van der Waals surface area contributed by atoms with Gasteiger partial charge in [0, 0.05) is 25.8 Å². The third kappa shape index (κ3) is 5.25. The molecule has 30 heavy (non-hydrogen) atoms. The van der Waals surface area contributed by atoms with Gasteiger partial charge in [0.1, 0.15) is 0 Å². The van der Waals surface area contributed by atoms with Crippen molar-refractivity contribution in [3.63, 3.8) is 0 Å². The lowest BCUT2D eigenvalue weighted by Gasteiger charge is -2.35. The van der Waals surface area contributed by atoms with Crippen molar-refractivity contribution in [1.82, 2.24) is 15.4 Å². The quantitative estimate of drug-likeness (QED) is 0.303. The first-order valence-electron chi connectivity index (χ1n) is 10.3. The summed E-state index contributed by atoms with van der Waals surface area (Å²) < 4.78 is 0.0117. The predicted octanol–water partition coefficient (Wildman–Crippen LogP) is 4.26. The number of nitrogens with zero attached hydrogens (tertiary/aromatic N) is 4. The number of carbonyl (C=O) groups is 1. The van der Waals surface area contributed by atoms with Gasteiger partial charge < -0.3 is 10.2 Å². The van der Waals surface area contributed by atoms with Crippen molar-refractivity contribution in [3.05, 3.63) is 29.8 Å². The molecule has 0 radical (unpaired) electrons. The number of anilines is 1. The van der Waals surface area contributed by atoms with Crippen molar-refractivity contribution >= 4 is 46.2 Å². The fourth-order valence-corrected chi connectivity index (χ4v) is 5.60. The Morgan fingerprint density at radius 1 is 1.27 bits per heavy atom. The van der Waals surface area contributed by atoms with Gasteiger partial charge in [-0.25, -0.2) is 9.80 Å². The first kappa shape index (κ1) is 22.8. The number of thioether (sulfide) groups is 1. The van der Waals surface area contributed by atoms with Crippen LogP contribution in [0, 0.1) is 0 Å². The summed E-state index contributed by atoms with van der Waals surface area (Å²) in [5.74, 6) is 0. The Labute approximate surface area is 188 Å². The van der Waals surface area contributed by atoms with Crippen LogP contribution in [0.25, 0.3) is 0 Å². The van der Waals surface area contributed by atoms with Gasteiger partial charge in [-0.3, -0.25) is 5.21 Å². The summed E-state index contributed by atoms with van der Waals surface area (Å²) in [7, 11) is 3.98. The van der Waals surface area contributed by atoms with Gasteiger partial charge in [0.2, 0.25) is 0 Å². The molecule has 9 heteroatoms. The molecule has 1 saturated carbocycles. The Kier molecular flexibility index (Phi) is 7.26. The maximum Gasteiger partial charge on any atom is 0.343 e. The molecule has 1 heterocycles. The summed E-state index contributed by atoms with van der Waals surface area (Å²) in [5, 5.41) is 20.6. The third-order valence-corrected chi connectivity index (χ3v) is 7.04. The molecule has 1 aromatic carbocycles. The molecule has 7 nitrogen and oxygen atoms in total. The molecular formula is C21H31N5O2S2. The molecule has 2 amide bonds. The molecule has 164 valence electrons. The number of amides is 2. The van der Waals surface area contributed by atoms with Crippen molar-refractivity contribution in [2.24, 2.45) is 5.10 Å². The van der Waals surface area contributed by atoms with Crippen molar-refractivity contribution in [1.29, 1.82) is 0 Å². The fourth-order valence-electron chi connectivity index (χ4n) is 3.81. The van der Waals surface area contributed by atoms with Crippen LogP contribution in [0.15, 0.2) is 29.4 Å². The van der Waals surface area contributed by atoms with E-state index in [1.54, 1.807) is 11.2 Å². The summed E-state index contributed by atoms with van der Waals surface area (Å²) in [6, 6.07) is 7.57. The van der Waals surface area contributed by atoms with Gasteiger partial charge >= 0.3 is 6.03 Å². The van der Waals surface area contributed by atoms with Gasteiger partial charge in [0.25, 0.3) is 0 Å². The van der Waals surface area contributed by atoms with Gasteiger partial charge in [-0.2, -0.15) is 10.2 Å². The number of nitrogens with one attached hydrogen (secondary N) is 1. The van der Waals surface area contributed by atoms with E-state index in [-0.39, 0.29) is 6.04 Å². The van der Waals surface area contributed by atoms with Crippen LogP contribution in [0.5, 0.6) is 0 Å². The smallest absolute Gasteiger partial charge is 0.343 e. The zero-order valence-corrected chi connectivity index (χ0v) is 19.7. The normalized spacial score (nSPS) is 21.8. The molecule has 2 aliphatic rings. The maximum atomic E-state index is 12.7. The van der Waals surface area contributed by atoms with Crippen molar-refractivity contribution in [2.75, 3.05) is 19.0 Å². The number of thiocarbonyl (C=S) groups is 1. The van der Waals surface area contributed by atoms with Gasteiger partial charge in [-0.1, -0.05) is 55.4 Å². The average Bonchev–Trinajstić information content (AvgIpc) is 2.94. The van der Waals surface area contributed by atoms with Crippen LogP contribution >= 0.6 is 24.0 Å². The lowest BCUT2D eigenvalue weighted by atomic mass is 9.96. The molecule has 0 unspecified atom stereocenters. The minimum absolute atomic E-state index is 0.109. The fraction of sp³-hybridized carbons (Fsp3) is 0.571. The minimum Gasteiger partial charge on any atom is -0.378 e. The second-order valence-electron chi connectivity index (χ2n) is 8.55. The van der Waals surface area contributed by atoms with Crippen LogP contribution in [0.1, 0.15) is 51.5 Å². The third-order valence-electron chi connectivity index (χ3n) is 5.50. The minimum atomic E-state index is -0.698. The summed E-state index contributed by atoms with van der Waals surface area (Å²) >= 11 is 6.93. The van der Waals surface area contributed by atoms with E-state index in [0.29, 0.717) is 4.32 Å². The molecule has 0 aromatic heterocycles. The van der Waals surface area contributed by atoms with E-state index in [1.807, 2.05) is 57.1 Å². The molecule has 1 atom stereocenters. The molecule has 0 spiro atoms. The molecule has 1 aromatic rings. The Balaban J connectivity index is 1.74. The van der Waals surface area contributed by atoms with Gasteiger partial charge in [0.15, 0.2) is 10.5 Å². The molecule has 2 N–H and O–H groups in total. The van der Waals surface area contributed by atoms with E-state index in [0.717, 1.165) is 42.0 Å².